The Bertz CT molecular complexity index is 679. The van der Waals surface area contributed by atoms with Crippen LogP contribution in [0.1, 0.15) is 0 Å². The van der Waals surface area contributed by atoms with Crippen molar-refractivity contribution in [1.29, 1.82) is 0 Å². The number of carbonyl (C=O) groups excluding carboxylic acids is 1. The van der Waals surface area contributed by atoms with Gasteiger partial charge in [-0.1, -0.05) is 11.6 Å². The normalized spacial score (nSPS) is 10.3. The molecule has 2 aromatic rings. The number of hydrogen-bond acceptors (Lipinski definition) is 2. The molecule has 1 amide bonds. The van der Waals surface area contributed by atoms with E-state index in [0.717, 1.165) is 18.2 Å². The Kier molecular flexibility index (Phi) is 4.70. The van der Waals surface area contributed by atoms with E-state index in [1.807, 2.05) is 0 Å². The van der Waals surface area contributed by atoms with Crippen molar-refractivity contribution in [2.24, 2.45) is 0 Å². The Labute approximate surface area is 123 Å². The van der Waals surface area contributed by atoms with Gasteiger partial charge in [-0.15, -0.1) is 0 Å². The number of halogens is 4. The molecular formula is C14H10ClF3N2O. The fourth-order valence-electron chi connectivity index (χ4n) is 1.59. The maximum atomic E-state index is 13.0. The summed E-state index contributed by atoms with van der Waals surface area (Å²) in [6.45, 7) is -0.162. The van der Waals surface area contributed by atoms with Crippen LogP contribution in [-0.2, 0) is 4.79 Å². The van der Waals surface area contributed by atoms with Gasteiger partial charge in [-0.3, -0.25) is 4.79 Å². The summed E-state index contributed by atoms with van der Waals surface area (Å²) in [5, 5.41) is 5.23. The van der Waals surface area contributed by atoms with Crippen LogP contribution < -0.4 is 10.6 Å². The van der Waals surface area contributed by atoms with Crippen LogP contribution in [-0.4, -0.2) is 12.5 Å². The van der Waals surface area contributed by atoms with Crippen molar-refractivity contribution in [3.63, 3.8) is 0 Å². The number of anilines is 2. The fraction of sp³-hybridized carbons (Fsp3) is 0.0714. The molecule has 0 heterocycles. The Morgan fingerprint density at radius 3 is 2.48 bits per heavy atom. The first-order valence-electron chi connectivity index (χ1n) is 5.89. The summed E-state index contributed by atoms with van der Waals surface area (Å²) in [5.74, 6) is -3.02. The first kappa shape index (κ1) is 15.2. The van der Waals surface area contributed by atoms with Crippen LogP contribution >= 0.6 is 11.6 Å². The van der Waals surface area contributed by atoms with Gasteiger partial charge in [0, 0.05) is 11.8 Å². The third-order valence-corrected chi connectivity index (χ3v) is 2.89. The lowest BCUT2D eigenvalue weighted by atomic mass is 10.3. The minimum atomic E-state index is -1.05. The largest absolute Gasteiger partial charge is 0.375 e. The van der Waals surface area contributed by atoms with E-state index in [0.29, 0.717) is 5.69 Å². The molecule has 0 aliphatic heterocycles. The summed E-state index contributed by atoms with van der Waals surface area (Å²) in [6, 6.07) is 6.72. The molecule has 110 valence electrons. The van der Waals surface area contributed by atoms with Crippen molar-refractivity contribution in [3.05, 3.63) is 58.9 Å². The van der Waals surface area contributed by atoms with Gasteiger partial charge >= 0.3 is 0 Å². The molecule has 0 saturated carbocycles. The maximum Gasteiger partial charge on any atom is 0.243 e. The highest BCUT2D eigenvalue weighted by Crippen LogP contribution is 2.22. The van der Waals surface area contributed by atoms with Gasteiger partial charge in [0.15, 0.2) is 11.6 Å². The van der Waals surface area contributed by atoms with Crippen molar-refractivity contribution in [2.75, 3.05) is 17.2 Å². The van der Waals surface area contributed by atoms with Crippen LogP contribution in [0.4, 0.5) is 24.5 Å². The standard InChI is InChI=1S/C14H10ClF3N2O/c15-10-5-8(16)1-4-13(10)19-7-14(21)20-9-2-3-11(17)12(18)6-9/h1-6,19H,7H2,(H,20,21). The molecule has 2 rings (SSSR count). The quantitative estimate of drug-likeness (QED) is 0.901. The van der Waals surface area contributed by atoms with Crippen molar-refractivity contribution in [2.45, 2.75) is 0 Å². The van der Waals surface area contributed by atoms with Crippen LogP contribution in [0.15, 0.2) is 36.4 Å². The van der Waals surface area contributed by atoms with E-state index in [-0.39, 0.29) is 17.3 Å². The highest BCUT2D eigenvalue weighted by atomic mass is 35.5. The zero-order chi connectivity index (χ0) is 15.4. The molecule has 0 fully saturated rings. The van der Waals surface area contributed by atoms with E-state index in [2.05, 4.69) is 10.6 Å². The molecule has 7 heteroatoms. The zero-order valence-electron chi connectivity index (χ0n) is 10.6. The average molecular weight is 315 g/mol. The number of amides is 1. The molecule has 21 heavy (non-hydrogen) atoms. The third kappa shape index (κ3) is 4.13. The maximum absolute atomic E-state index is 13.0. The SMILES string of the molecule is O=C(CNc1ccc(F)cc1Cl)Nc1ccc(F)c(F)c1. The predicted octanol–water partition coefficient (Wildman–Crippen LogP) is 3.81. The molecular weight excluding hydrogens is 305 g/mol. The third-order valence-electron chi connectivity index (χ3n) is 2.57. The molecule has 0 atom stereocenters. The summed E-state index contributed by atoms with van der Waals surface area (Å²) in [4.78, 5) is 11.7. The van der Waals surface area contributed by atoms with E-state index in [1.165, 1.54) is 18.2 Å². The average Bonchev–Trinajstić information content (AvgIpc) is 2.42. The topological polar surface area (TPSA) is 41.1 Å². The van der Waals surface area contributed by atoms with E-state index >= 15 is 0 Å². The number of carbonyl (C=O) groups is 1. The van der Waals surface area contributed by atoms with Gasteiger partial charge in [0.1, 0.15) is 5.82 Å². The molecule has 0 radical (unpaired) electrons. The molecule has 0 unspecified atom stereocenters. The van der Waals surface area contributed by atoms with Crippen molar-refractivity contribution >= 4 is 28.9 Å². The van der Waals surface area contributed by atoms with Crippen molar-refractivity contribution < 1.29 is 18.0 Å². The molecule has 2 N–H and O–H groups in total. The molecule has 0 saturated heterocycles. The molecule has 0 aromatic heterocycles. The Balaban J connectivity index is 1.94. The monoisotopic (exact) mass is 314 g/mol. The summed E-state index contributed by atoms with van der Waals surface area (Å²) >= 11 is 5.79. The van der Waals surface area contributed by atoms with Crippen molar-refractivity contribution in [3.8, 4) is 0 Å². The molecule has 0 bridgehead atoms. The second-order valence-corrected chi connectivity index (χ2v) is 4.56. The summed E-state index contributed by atoms with van der Waals surface area (Å²) in [6.07, 6.45) is 0. The molecule has 0 aliphatic rings. The molecule has 0 spiro atoms. The summed E-state index contributed by atoms with van der Waals surface area (Å²) in [7, 11) is 0. The number of rotatable bonds is 4. The van der Waals surface area contributed by atoms with E-state index < -0.39 is 23.4 Å². The van der Waals surface area contributed by atoms with Gasteiger partial charge < -0.3 is 10.6 Å². The van der Waals surface area contributed by atoms with E-state index in [4.69, 9.17) is 11.6 Å². The lowest BCUT2D eigenvalue weighted by Crippen LogP contribution is -2.22. The lowest BCUT2D eigenvalue weighted by Gasteiger charge is -2.09. The Hall–Kier alpha value is -2.21. The Morgan fingerprint density at radius 1 is 1.05 bits per heavy atom. The van der Waals surface area contributed by atoms with Crippen LogP contribution in [0.25, 0.3) is 0 Å². The lowest BCUT2D eigenvalue weighted by molar-refractivity contribution is -0.114. The smallest absolute Gasteiger partial charge is 0.243 e. The van der Waals surface area contributed by atoms with Gasteiger partial charge in [-0.05, 0) is 30.3 Å². The van der Waals surface area contributed by atoms with Crippen LogP contribution in [0, 0.1) is 17.5 Å². The zero-order valence-corrected chi connectivity index (χ0v) is 11.3. The van der Waals surface area contributed by atoms with Gasteiger partial charge in [0.25, 0.3) is 0 Å². The predicted molar refractivity (Wildman–Crippen MR) is 74.9 cm³/mol. The summed E-state index contributed by atoms with van der Waals surface area (Å²) in [5.41, 5.74) is 0.518. The first-order valence-corrected chi connectivity index (χ1v) is 6.27. The molecule has 0 aliphatic carbocycles. The fourth-order valence-corrected chi connectivity index (χ4v) is 1.82. The van der Waals surface area contributed by atoms with Gasteiger partial charge in [-0.25, -0.2) is 13.2 Å². The molecule has 3 nitrogen and oxygen atoms in total. The minimum absolute atomic E-state index is 0.130. The van der Waals surface area contributed by atoms with E-state index in [1.54, 1.807) is 0 Å². The second kappa shape index (κ2) is 6.49. The summed E-state index contributed by atoms with van der Waals surface area (Å²) < 4.78 is 38.6. The number of benzene rings is 2. The highest BCUT2D eigenvalue weighted by Gasteiger charge is 2.07. The molecule has 2 aromatic carbocycles. The Morgan fingerprint density at radius 2 is 1.81 bits per heavy atom. The van der Waals surface area contributed by atoms with Gasteiger partial charge in [-0.2, -0.15) is 0 Å². The first-order chi connectivity index (χ1) is 9.95. The highest BCUT2D eigenvalue weighted by molar-refractivity contribution is 6.33. The van der Waals surface area contributed by atoms with Gasteiger partial charge in [0.2, 0.25) is 5.91 Å². The van der Waals surface area contributed by atoms with Gasteiger partial charge in [0.05, 0.1) is 17.3 Å². The van der Waals surface area contributed by atoms with Crippen LogP contribution in [0.3, 0.4) is 0 Å². The van der Waals surface area contributed by atoms with Crippen molar-refractivity contribution in [1.82, 2.24) is 0 Å². The van der Waals surface area contributed by atoms with Crippen LogP contribution in [0.2, 0.25) is 5.02 Å². The van der Waals surface area contributed by atoms with E-state index in [9.17, 15) is 18.0 Å². The minimum Gasteiger partial charge on any atom is -0.375 e. The number of hydrogen-bond donors (Lipinski definition) is 2. The number of nitrogens with one attached hydrogen (secondary N) is 2. The van der Waals surface area contributed by atoms with Crippen LogP contribution in [0.5, 0.6) is 0 Å². The second-order valence-electron chi connectivity index (χ2n) is 4.15.